The van der Waals surface area contributed by atoms with E-state index < -0.39 is 10.8 Å². The molecule has 0 saturated carbocycles. The molecule has 2 aliphatic rings. The van der Waals surface area contributed by atoms with E-state index in [4.69, 9.17) is 0 Å². The van der Waals surface area contributed by atoms with E-state index >= 15 is 0 Å². The molecule has 0 heterocycles. The monoisotopic (exact) mass is 814 g/mol. The zero-order valence-electron chi connectivity index (χ0n) is 36.1. The van der Waals surface area contributed by atoms with E-state index in [1.165, 1.54) is 111 Å². The highest BCUT2D eigenvalue weighted by Crippen LogP contribution is 2.59. The van der Waals surface area contributed by atoms with E-state index in [-0.39, 0.29) is 0 Å². The van der Waals surface area contributed by atoms with Crippen molar-refractivity contribution < 1.29 is 0 Å². The van der Waals surface area contributed by atoms with Crippen molar-refractivity contribution in [1.29, 1.82) is 0 Å². The van der Waals surface area contributed by atoms with Crippen LogP contribution in [-0.4, -0.2) is 0 Å². The summed E-state index contributed by atoms with van der Waals surface area (Å²) in [6.07, 6.45) is 0. The van der Waals surface area contributed by atoms with E-state index in [9.17, 15) is 0 Å². The van der Waals surface area contributed by atoms with Crippen LogP contribution < -0.4 is 0 Å². The molecule has 64 heavy (non-hydrogen) atoms. The second-order valence-electron chi connectivity index (χ2n) is 17.7. The van der Waals surface area contributed by atoms with E-state index in [1.54, 1.807) is 0 Å². The lowest BCUT2D eigenvalue weighted by Crippen LogP contribution is -2.29. The van der Waals surface area contributed by atoms with Crippen molar-refractivity contribution in [1.82, 2.24) is 0 Å². The zero-order valence-corrected chi connectivity index (χ0v) is 36.1. The van der Waals surface area contributed by atoms with Gasteiger partial charge in [0.2, 0.25) is 0 Å². The Morgan fingerprint density at radius 1 is 0.219 bits per heavy atom. The Kier molecular flexibility index (Phi) is 8.85. The fourth-order valence-electron chi connectivity index (χ4n) is 11.2. The molecule has 0 fully saturated rings. The van der Waals surface area contributed by atoms with Crippen LogP contribution in [0.15, 0.2) is 243 Å². The highest BCUT2D eigenvalue weighted by molar-refractivity contribution is 5.91. The third-order valence-corrected chi connectivity index (χ3v) is 14.2. The van der Waals surface area contributed by atoms with Crippen molar-refractivity contribution in [3.63, 3.8) is 0 Å². The largest absolute Gasteiger partial charge is 0.0713 e. The van der Waals surface area contributed by atoms with Gasteiger partial charge in [0.1, 0.15) is 0 Å². The average Bonchev–Trinajstić information content (AvgIpc) is 3.83. The van der Waals surface area contributed by atoms with Crippen LogP contribution in [0.2, 0.25) is 0 Å². The van der Waals surface area contributed by atoms with Crippen LogP contribution >= 0.6 is 0 Å². The van der Waals surface area contributed by atoms with Gasteiger partial charge in [0, 0.05) is 0 Å². The molecule has 2 atom stereocenters. The van der Waals surface area contributed by atoms with Gasteiger partial charge >= 0.3 is 0 Å². The van der Waals surface area contributed by atoms with Crippen molar-refractivity contribution in [3.05, 3.63) is 298 Å². The summed E-state index contributed by atoms with van der Waals surface area (Å²) >= 11 is 0. The maximum absolute atomic E-state index is 2.51. The third kappa shape index (κ3) is 5.69. The Bertz CT molecular complexity index is 3110. The van der Waals surface area contributed by atoms with Gasteiger partial charge < -0.3 is 0 Å². The van der Waals surface area contributed by atoms with Gasteiger partial charge in [-0.05, 0) is 126 Å². The highest BCUT2D eigenvalue weighted by Gasteiger charge is 2.48. The van der Waals surface area contributed by atoms with Crippen molar-refractivity contribution in [2.45, 2.75) is 24.7 Å². The lowest BCUT2D eigenvalue weighted by Gasteiger charge is -2.35. The summed E-state index contributed by atoms with van der Waals surface area (Å²) in [6, 6.07) is 91.2. The summed E-state index contributed by atoms with van der Waals surface area (Å²) in [5, 5.41) is 0. The Morgan fingerprint density at radius 3 is 0.875 bits per heavy atom. The predicted molar refractivity (Wildman–Crippen MR) is 267 cm³/mol. The molecule has 12 rings (SSSR count). The van der Waals surface area contributed by atoms with Gasteiger partial charge in [0.25, 0.3) is 0 Å². The second kappa shape index (κ2) is 14.9. The first kappa shape index (κ1) is 37.9. The van der Waals surface area contributed by atoms with Crippen molar-refractivity contribution >= 4 is 0 Å². The predicted octanol–water partition coefficient (Wildman–Crippen LogP) is 16.0. The summed E-state index contributed by atoms with van der Waals surface area (Å²) in [4.78, 5) is 0. The Hall–Kier alpha value is -7.80. The van der Waals surface area contributed by atoms with Crippen LogP contribution in [-0.2, 0) is 10.8 Å². The minimum atomic E-state index is -0.524. The summed E-state index contributed by atoms with van der Waals surface area (Å²) in [6.45, 7) is 4.36. The Morgan fingerprint density at radius 2 is 0.500 bits per heavy atom. The van der Waals surface area contributed by atoms with Crippen molar-refractivity contribution in [2.75, 3.05) is 0 Å². The van der Waals surface area contributed by atoms with Gasteiger partial charge in [-0.25, -0.2) is 0 Å². The van der Waals surface area contributed by atoms with Crippen LogP contribution in [0.1, 0.15) is 55.6 Å². The normalized spacial score (nSPS) is 16.7. The fourth-order valence-corrected chi connectivity index (χ4v) is 11.2. The van der Waals surface area contributed by atoms with E-state index in [1.807, 2.05) is 0 Å². The molecule has 0 heteroatoms. The highest BCUT2D eigenvalue weighted by atomic mass is 14.5. The first-order valence-electron chi connectivity index (χ1n) is 22.5. The average molecular weight is 815 g/mol. The van der Waals surface area contributed by atoms with Gasteiger partial charge in [-0.1, -0.05) is 242 Å². The number of fused-ring (bicyclic) bond motifs is 6. The minimum absolute atomic E-state index is 0.524. The van der Waals surface area contributed by atoms with E-state index in [0.717, 1.165) is 0 Å². The van der Waals surface area contributed by atoms with Gasteiger partial charge in [0.05, 0.1) is 10.8 Å². The van der Waals surface area contributed by atoms with Crippen molar-refractivity contribution in [2.24, 2.45) is 0 Å². The number of benzene rings is 10. The number of rotatable bonds is 7. The van der Waals surface area contributed by atoms with E-state index in [0.29, 0.717) is 0 Å². The van der Waals surface area contributed by atoms with Gasteiger partial charge in [0.15, 0.2) is 0 Å². The maximum Gasteiger partial charge on any atom is 0.0713 e. The molecule has 0 spiro atoms. The minimum Gasteiger partial charge on any atom is -0.0622 e. The van der Waals surface area contributed by atoms with Gasteiger partial charge in [-0.2, -0.15) is 0 Å². The molecule has 10 aromatic carbocycles. The molecule has 0 bridgehead atoms. The topological polar surface area (TPSA) is 0 Å². The van der Waals surface area contributed by atoms with Gasteiger partial charge in [-0.15, -0.1) is 0 Å². The van der Waals surface area contributed by atoms with Crippen LogP contribution in [0, 0.1) is 13.8 Å². The molecule has 0 aromatic heterocycles. The quantitative estimate of drug-likeness (QED) is 0.150. The first-order chi connectivity index (χ1) is 31.5. The molecule has 2 aliphatic carbocycles. The van der Waals surface area contributed by atoms with Crippen LogP contribution in [0.4, 0.5) is 0 Å². The number of hydrogen-bond donors (Lipinski definition) is 0. The molecule has 302 valence electrons. The lowest BCUT2D eigenvalue weighted by atomic mass is 9.66. The van der Waals surface area contributed by atoms with E-state index in [2.05, 4.69) is 257 Å². The number of aryl methyl sites for hydroxylation is 2. The molecule has 0 aliphatic heterocycles. The molecule has 0 N–H and O–H groups in total. The fraction of sp³-hybridized carbons (Fsp3) is 0.0625. The lowest BCUT2D eigenvalue weighted by molar-refractivity contribution is 0.767. The molecule has 10 aromatic rings. The zero-order chi connectivity index (χ0) is 42.8. The maximum atomic E-state index is 2.51. The summed E-state index contributed by atoms with van der Waals surface area (Å²) in [5.41, 5.74) is 24.3. The van der Waals surface area contributed by atoms with Crippen LogP contribution in [0.25, 0.3) is 55.6 Å². The van der Waals surface area contributed by atoms with Crippen LogP contribution in [0.5, 0.6) is 0 Å². The molecule has 0 nitrogen and oxygen atoms in total. The Labute approximate surface area is 376 Å². The molecular weight excluding hydrogens is 769 g/mol. The molecule has 0 radical (unpaired) electrons. The SMILES string of the molecule is Cc1ccc(C2(c3ccc(-c4ccccc4)cc3)c3ccccc3-c3ccc(-c4ccc5c(c4)C(c4ccc(C)cc4)(c4ccc(-c6ccccc6)cc4)c4ccccc4-5)cc32)cc1. The molecule has 0 saturated heterocycles. The smallest absolute Gasteiger partial charge is 0.0622 e. The Balaban J connectivity index is 1.08. The first-order valence-corrected chi connectivity index (χ1v) is 22.5. The molecule has 0 amide bonds. The van der Waals surface area contributed by atoms with Crippen LogP contribution in [0.3, 0.4) is 0 Å². The summed E-state index contributed by atoms with van der Waals surface area (Å²) < 4.78 is 0. The summed E-state index contributed by atoms with van der Waals surface area (Å²) in [7, 11) is 0. The van der Waals surface area contributed by atoms with Crippen molar-refractivity contribution in [3.8, 4) is 55.6 Å². The standard InChI is InChI=1S/C64H46/c1-43-21-31-51(32-22-43)63(53-35-25-47(26-36-53)45-13-5-3-6-14-45)59-19-11-9-17-55(59)57-39-29-49(41-61(57)63)50-30-40-58-56-18-10-12-20-60(56)64(62(58)42-50,52-33-23-44(2)24-34-52)54-37-27-48(28-38-54)46-15-7-4-8-16-46/h3-42H,1-2H3. The third-order valence-electron chi connectivity index (χ3n) is 14.2. The molecule has 2 unspecified atom stereocenters. The molecular formula is C64H46. The summed E-state index contributed by atoms with van der Waals surface area (Å²) in [5.74, 6) is 0. The second-order valence-corrected chi connectivity index (χ2v) is 17.7. The van der Waals surface area contributed by atoms with Gasteiger partial charge in [-0.3, -0.25) is 0 Å². The number of hydrogen-bond acceptors (Lipinski definition) is 0.